The van der Waals surface area contributed by atoms with E-state index in [1.54, 1.807) is 23.1 Å². The van der Waals surface area contributed by atoms with Crippen LogP contribution in [-0.4, -0.2) is 52.6 Å². The summed E-state index contributed by atoms with van der Waals surface area (Å²) in [6.07, 6.45) is 4.13. The normalized spacial score (nSPS) is 20.3. The van der Waals surface area contributed by atoms with E-state index in [-0.39, 0.29) is 23.8 Å². The topological polar surface area (TPSA) is 78.7 Å². The van der Waals surface area contributed by atoms with Crippen molar-refractivity contribution in [3.05, 3.63) is 36.1 Å². The van der Waals surface area contributed by atoms with Crippen LogP contribution in [0.15, 0.2) is 34.9 Å². The summed E-state index contributed by atoms with van der Waals surface area (Å²) in [5.41, 5.74) is 0.556. The van der Waals surface area contributed by atoms with Gasteiger partial charge in [-0.1, -0.05) is 17.3 Å². The highest BCUT2D eigenvalue weighted by atomic mass is 19.1. The number of likely N-dealkylation sites (tertiary alicyclic amines) is 2. The molecule has 3 amide bonds. The third-order valence-corrected chi connectivity index (χ3v) is 5.39. The zero-order valence-electron chi connectivity index (χ0n) is 15.6. The molecule has 7 nitrogen and oxygen atoms in total. The number of nitrogens with one attached hydrogen (secondary N) is 1. The van der Waals surface area contributed by atoms with Crippen molar-refractivity contribution in [2.75, 3.05) is 25.0 Å². The lowest BCUT2D eigenvalue weighted by atomic mass is 10.1. The Labute approximate surface area is 162 Å². The highest BCUT2D eigenvalue weighted by Gasteiger charge is 2.30. The minimum Gasteiger partial charge on any atom is -0.354 e. The van der Waals surface area contributed by atoms with Crippen LogP contribution >= 0.6 is 0 Å². The summed E-state index contributed by atoms with van der Waals surface area (Å²) in [6, 6.07) is 7.56. The van der Waals surface area contributed by atoms with Gasteiger partial charge in [-0.15, -0.1) is 0 Å². The zero-order chi connectivity index (χ0) is 19.5. The number of nitrogens with zero attached hydrogens (tertiary/aromatic N) is 3. The molecule has 4 rings (SSSR count). The molecular weight excluding hydrogens is 363 g/mol. The largest absolute Gasteiger partial charge is 0.354 e. The lowest BCUT2D eigenvalue weighted by Crippen LogP contribution is -2.39. The fourth-order valence-corrected chi connectivity index (χ4v) is 3.95. The van der Waals surface area contributed by atoms with Crippen LogP contribution in [0.5, 0.6) is 0 Å². The Morgan fingerprint density at radius 1 is 1.18 bits per heavy atom. The Kier molecular flexibility index (Phi) is 5.27. The minimum atomic E-state index is -0.366. The number of rotatable bonds is 3. The highest BCUT2D eigenvalue weighted by Crippen LogP contribution is 2.25. The van der Waals surface area contributed by atoms with Crippen molar-refractivity contribution in [1.82, 2.24) is 15.0 Å². The first kappa shape index (κ1) is 18.5. The van der Waals surface area contributed by atoms with E-state index in [1.165, 1.54) is 12.1 Å². The molecule has 0 saturated carbocycles. The van der Waals surface area contributed by atoms with Gasteiger partial charge in [0.15, 0.2) is 11.6 Å². The highest BCUT2D eigenvalue weighted by molar-refractivity contribution is 5.88. The Morgan fingerprint density at radius 2 is 2.07 bits per heavy atom. The lowest BCUT2D eigenvalue weighted by molar-refractivity contribution is -0.129. The minimum absolute atomic E-state index is 0.222. The molecular formula is C20H23FN4O3. The van der Waals surface area contributed by atoms with Crippen LogP contribution in [0.3, 0.4) is 0 Å². The number of carbonyl (C=O) groups excluding carboxylic acids is 2. The van der Waals surface area contributed by atoms with E-state index in [1.807, 2.05) is 4.90 Å². The van der Waals surface area contributed by atoms with Crippen LogP contribution in [0.25, 0.3) is 11.3 Å². The van der Waals surface area contributed by atoms with Gasteiger partial charge in [0.1, 0.15) is 5.82 Å². The van der Waals surface area contributed by atoms with Crippen LogP contribution in [0, 0.1) is 5.82 Å². The summed E-state index contributed by atoms with van der Waals surface area (Å²) in [4.78, 5) is 28.3. The molecule has 2 aliphatic heterocycles. The molecule has 2 aliphatic rings. The maximum Gasteiger partial charge on any atom is 0.323 e. The van der Waals surface area contributed by atoms with Crippen molar-refractivity contribution < 1.29 is 18.5 Å². The predicted molar refractivity (Wildman–Crippen MR) is 101 cm³/mol. The molecule has 1 aromatic carbocycles. The molecule has 1 aromatic heterocycles. The summed E-state index contributed by atoms with van der Waals surface area (Å²) in [5, 5.41) is 6.60. The second-order valence-corrected chi connectivity index (χ2v) is 7.28. The lowest BCUT2D eigenvalue weighted by Gasteiger charge is -2.26. The van der Waals surface area contributed by atoms with Gasteiger partial charge in [-0.25, -0.2) is 9.18 Å². The molecule has 3 heterocycles. The molecule has 2 saturated heterocycles. The van der Waals surface area contributed by atoms with Gasteiger partial charge in [0.2, 0.25) is 5.91 Å². The van der Waals surface area contributed by atoms with E-state index in [2.05, 4.69) is 10.5 Å². The Balaban J connectivity index is 1.36. The van der Waals surface area contributed by atoms with Gasteiger partial charge in [-0.2, -0.15) is 0 Å². The second kappa shape index (κ2) is 8.00. The molecule has 2 aromatic rings. The van der Waals surface area contributed by atoms with E-state index in [4.69, 9.17) is 4.52 Å². The fourth-order valence-electron chi connectivity index (χ4n) is 3.95. The average Bonchev–Trinajstić information content (AvgIpc) is 3.24. The summed E-state index contributed by atoms with van der Waals surface area (Å²) in [6.45, 7) is 2.06. The van der Waals surface area contributed by atoms with Crippen molar-refractivity contribution in [3.8, 4) is 11.3 Å². The first-order valence-electron chi connectivity index (χ1n) is 9.68. The third kappa shape index (κ3) is 4.00. The molecule has 1 N–H and O–H groups in total. The fraction of sp³-hybridized carbons (Fsp3) is 0.450. The third-order valence-electron chi connectivity index (χ3n) is 5.39. The van der Waals surface area contributed by atoms with Gasteiger partial charge in [-0.05, 0) is 37.8 Å². The van der Waals surface area contributed by atoms with Gasteiger partial charge in [0.25, 0.3) is 0 Å². The molecule has 2 fully saturated rings. The zero-order valence-corrected chi connectivity index (χ0v) is 15.6. The van der Waals surface area contributed by atoms with Gasteiger partial charge in [0.05, 0.1) is 0 Å². The molecule has 1 atom stereocenters. The van der Waals surface area contributed by atoms with Crippen molar-refractivity contribution in [1.29, 1.82) is 0 Å². The summed E-state index contributed by atoms with van der Waals surface area (Å²) in [5.74, 6) is 0.545. The molecule has 148 valence electrons. The molecule has 0 spiro atoms. The smallest absolute Gasteiger partial charge is 0.323 e. The van der Waals surface area contributed by atoms with Crippen LogP contribution < -0.4 is 5.32 Å². The Bertz CT molecular complexity index is 869. The van der Waals surface area contributed by atoms with Crippen LogP contribution in [0.2, 0.25) is 0 Å². The monoisotopic (exact) mass is 386 g/mol. The van der Waals surface area contributed by atoms with E-state index in [0.29, 0.717) is 36.7 Å². The summed E-state index contributed by atoms with van der Waals surface area (Å²) < 4.78 is 18.6. The van der Waals surface area contributed by atoms with E-state index in [9.17, 15) is 14.0 Å². The molecule has 8 heteroatoms. The quantitative estimate of drug-likeness (QED) is 0.876. The number of hydrogen-bond donors (Lipinski definition) is 1. The van der Waals surface area contributed by atoms with Gasteiger partial charge >= 0.3 is 6.03 Å². The first-order chi connectivity index (χ1) is 13.6. The van der Waals surface area contributed by atoms with Crippen LogP contribution in [0.1, 0.15) is 32.1 Å². The number of benzene rings is 1. The summed E-state index contributed by atoms with van der Waals surface area (Å²) >= 11 is 0. The molecule has 1 unspecified atom stereocenters. The SMILES string of the molecule is O=C(Nc1cc(-c2cccc(F)c2)on1)N1CCCC(N2CCCC2=O)CC1. The van der Waals surface area contributed by atoms with Gasteiger partial charge in [0, 0.05) is 43.7 Å². The van der Waals surface area contributed by atoms with Gasteiger partial charge in [-0.3, -0.25) is 10.1 Å². The maximum absolute atomic E-state index is 13.4. The van der Waals surface area contributed by atoms with Crippen molar-refractivity contribution in [3.63, 3.8) is 0 Å². The Hall–Kier alpha value is -2.90. The van der Waals surface area contributed by atoms with E-state index >= 15 is 0 Å². The number of amides is 3. The number of carbonyl (C=O) groups is 2. The standard InChI is InChI=1S/C20H23FN4O3/c21-15-5-1-4-14(12-15)17-13-18(23-28-17)22-20(27)24-9-2-6-16(8-11-24)25-10-3-7-19(25)26/h1,4-5,12-13,16H,2-3,6-11H2,(H,22,23,27). The number of hydrogen-bond acceptors (Lipinski definition) is 4. The molecule has 0 aliphatic carbocycles. The van der Waals surface area contributed by atoms with E-state index < -0.39 is 0 Å². The maximum atomic E-state index is 13.4. The summed E-state index contributed by atoms with van der Waals surface area (Å²) in [7, 11) is 0. The van der Waals surface area contributed by atoms with Crippen molar-refractivity contribution in [2.24, 2.45) is 0 Å². The van der Waals surface area contributed by atoms with Crippen LogP contribution in [-0.2, 0) is 4.79 Å². The average molecular weight is 386 g/mol. The molecule has 0 radical (unpaired) electrons. The molecule has 0 bridgehead atoms. The number of halogens is 1. The number of anilines is 1. The van der Waals surface area contributed by atoms with Crippen molar-refractivity contribution in [2.45, 2.75) is 38.1 Å². The predicted octanol–water partition coefficient (Wildman–Crippen LogP) is 3.49. The molecule has 28 heavy (non-hydrogen) atoms. The number of aromatic nitrogens is 1. The second-order valence-electron chi connectivity index (χ2n) is 7.28. The van der Waals surface area contributed by atoms with Crippen LogP contribution in [0.4, 0.5) is 15.0 Å². The number of urea groups is 1. The van der Waals surface area contributed by atoms with Crippen molar-refractivity contribution >= 4 is 17.8 Å². The van der Waals surface area contributed by atoms with Gasteiger partial charge < -0.3 is 14.3 Å². The first-order valence-corrected chi connectivity index (χ1v) is 9.68. The van der Waals surface area contributed by atoms with E-state index in [0.717, 1.165) is 32.2 Å². The Morgan fingerprint density at radius 3 is 2.86 bits per heavy atom.